The number of hydrogen-bond acceptors (Lipinski definition) is 9. The second kappa shape index (κ2) is 13.4. The van der Waals surface area contributed by atoms with Crippen LogP contribution in [-0.2, 0) is 30.8 Å². The Kier molecular flexibility index (Phi) is 10.3. The maximum atomic E-state index is 13.1. The van der Waals surface area contributed by atoms with Gasteiger partial charge in [0, 0.05) is 25.5 Å². The molecule has 194 valence electrons. The molecule has 0 spiro atoms. The van der Waals surface area contributed by atoms with Gasteiger partial charge in [-0.1, -0.05) is 30.3 Å². The van der Waals surface area contributed by atoms with Crippen LogP contribution in [0, 0.1) is 0 Å². The zero-order chi connectivity index (χ0) is 26.0. The van der Waals surface area contributed by atoms with Gasteiger partial charge < -0.3 is 25.0 Å². The molecule has 2 aromatic rings. The standard InChI is InChI=1S/C22H30BN5O7S/c29-21(28-11-13-35-14-12-28)15-18(27-36(33,34)20-16-24-9-10-25-20)22(30)26-19(23(31)32)8-4-7-17-5-2-1-3-6-17/h1-3,5-6,9-10,16,18-19,27,31-32H,4,7-8,11-15H2,(H,26,30)/t18?,19-/m0/s1. The predicted molar refractivity (Wildman–Crippen MR) is 130 cm³/mol. The summed E-state index contributed by atoms with van der Waals surface area (Å²) in [6.07, 6.45) is 4.45. The van der Waals surface area contributed by atoms with E-state index in [1.54, 1.807) is 0 Å². The molecule has 12 nitrogen and oxygen atoms in total. The summed E-state index contributed by atoms with van der Waals surface area (Å²) in [5, 5.41) is 21.7. The Morgan fingerprint density at radius 2 is 1.86 bits per heavy atom. The normalized spacial score (nSPS) is 15.7. The molecule has 0 saturated carbocycles. The van der Waals surface area contributed by atoms with Crippen LogP contribution in [0.5, 0.6) is 0 Å². The van der Waals surface area contributed by atoms with E-state index >= 15 is 0 Å². The van der Waals surface area contributed by atoms with Gasteiger partial charge in [0.1, 0.15) is 6.04 Å². The summed E-state index contributed by atoms with van der Waals surface area (Å²) in [4.78, 5) is 34.9. The van der Waals surface area contributed by atoms with Gasteiger partial charge >= 0.3 is 7.12 Å². The van der Waals surface area contributed by atoms with Crippen LogP contribution in [0.2, 0.25) is 0 Å². The van der Waals surface area contributed by atoms with Crippen molar-refractivity contribution in [3.8, 4) is 0 Å². The predicted octanol–water partition coefficient (Wildman–Crippen LogP) is -1.11. The lowest BCUT2D eigenvalue weighted by molar-refractivity contribution is -0.138. The zero-order valence-corrected chi connectivity index (χ0v) is 20.5. The monoisotopic (exact) mass is 519 g/mol. The number of rotatable bonds is 12. The quantitative estimate of drug-likeness (QED) is 0.254. The van der Waals surface area contributed by atoms with Crippen molar-refractivity contribution in [3.63, 3.8) is 0 Å². The molecule has 3 rings (SSSR count). The van der Waals surface area contributed by atoms with Gasteiger partial charge in [-0.2, -0.15) is 4.72 Å². The van der Waals surface area contributed by atoms with Crippen LogP contribution in [0.4, 0.5) is 0 Å². The molecule has 14 heteroatoms. The minimum atomic E-state index is -4.29. The van der Waals surface area contributed by atoms with Gasteiger partial charge in [-0.25, -0.2) is 13.4 Å². The van der Waals surface area contributed by atoms with E-state index in [0.717, 1.165) is 11.8 Å². The lowest BCUT2D eigenvalue weighted by atomic mass is 9.76. The number of morpholine rings is 1. The molecule has 4 N–H and O–H groups in total. The van der Waals surface area contributed by atoms with Gasteiger partial charge in [-0.05, 0) is 24.8 Å². The average Bonchev–Trinajstić information content (AvgIpc) is 2.89. The summed E-state index contributed by atoms with van der Waals surface area (Å²) < 4.78 is 33.1. The SMILES string of the molecule is O=C(N[C@@H](CCCc1ccccc1)B(O)O)C(CC(=O)N1CCOCC1)NS(=O)(=O)c1cnccn1. The van der Waals surface area contributed by atoms with Crippen molar-refractivity contribution >= 4 is 29.0 Å². The molecule has 1 aliphatic heterocycles. The van der Waals surface area contributed by atoms with Crippen LogP contribution in [0.25, 0.3) is 0 Å². The van der Waals surface area contributed by atoms with E-state index in [2.05, 4.69) is 20.0 Å². The fraction of sp³-hybridized carbons (Fsp3) is 0.455. The summed E-state index contributed by atoms with van der Waals surface area (Å²) in [5.74, 6) is -2.37. The third-order valence-electron chi connectivity index (χ3n) is 5.68. The molecule has 36 heavy (non-hydrogen) atoms. The number of ether oxygens (including phenoxy) is 1. The van der Waals surface area contributed by atoms with Crippen molar-refractivity contribution in [2.24, 2.45) is 0 Å². The number of benzene rings is 1. The van der Waals surface area contributed by atoms with Crippen LogP contribution in [-0.4, -0.2) is 90.6 Å². The Hall–Kier alpha value is -2.91. The highest BCUT2D eigenvalue weighted by Gasteiger charge is 2.34. The first-order valence-electron chi connectivity index (χ1n) is 11.6. The van der Waals surface area contributed by atoms with Crippen molar-refractivity contribution in [1.29, 1.82) is 0 Å². The van der Waals surface area contributed by atoms with Crippen LogP contribution < -0.4 is 10.0 Å². The molecule has 1 aromatic carbocycles. The Labute approximate surface area is 210 Å². The average molecular weight is 519 g/mol. The van der Waals surface area contributed by atoms with E-state index in [4.69, 9.17) is 4.74 Å². The molecule has 2 atom stereocenters. The van der Waals surface area contributed by atoms with Crippen molar-refractivity contribution in [1.82, 2.24) is 24.9 Å². The van der Waals surface area contributed by atoms with E-state index in [1.807, 2.05) is 30.3 Å². The van der Waals surface area contributed by atoms with Crippen LogP contribution >= 0.6 is 0 Å². The highest BCUT2D eigenvalue weighted by atomic mass is 32.2. The van der Waals surface area contributed by atoms with Crippen LogP contribution in [0.3, 0.4) is 0 Å². The molecular weight excluding hydrogens is 489 g/mol. The van der Waals surface area contributed by atoms with Crippen LogP contribution in [0.15, 0.2) is 53.9 Å². The molecule has 0 radical (unpaired) electrons. The Balaban J connectivity index is 1.70. The summed E-state index contributed by atoms with van der Waals surface area (Å²) in [6.45, 7) is 1.32. The highest BCUT2D eigenvalue weighted by Crippen LogP contribution is 2.11. The number of carbonyl (C=O) groups excluding carboxylic acids is 2. The molecule has 2 heterocycles. The van der Waals surface area contributed by atoms with Crippen molar-refractivity contribution in [3.05, 3.63) is 54.5 Å². The molecule has 0 bridgehead atoms. The number of hydrogen-bond donors (Lipinski definition) is 4. The Morgan fingerprint density at radius 3 is 2.50 bits per heavy atom. The molecule has 1 fully saturated rings. The molecule has 0 aliphatic carbocycles. The molecule has 1 aromatic heterocycles. The van der Waals surface area contributed by atoms with Gasteiger partial charge in [-0.3, -0.25) is 14.6 Å². The minimum Gasteiger partial charge on any atom is -0.426 e. The second-order valence-corrected chi connectivity index (χ2v) is 9.98. The molecule has 1 unspecified atom stereocenters. The summed E-state index contributed by atoms with van der Waals surface area (Å²) in [7, 11) is -6.17. The Bertz CT molecular complexity index is 1090. The van der Waals surface area contributed by atoms with Crippen molar-refractivity contribution in [2.75, 3.05) is 26.3 Å². The first-order valence-corrected chi connectivity index (χ1v) is 13.1. The number of amides is 2. The third kappa shape index (κ3) is 8.34. The van der Waals surface area contributed by atoms with Gasteiger partial charge in [0.25, 0.3) is 10.0 Å². The van der Waals surface area contributed by atoms with E-state index in [-0.39, 0.29) is 6.42 Å². The summed E-state index contributed by atoms with van der Waals surface area (Å²) in [6, 6.07) is 8.06. The largest absolute Gasteiger partial charge is 0.475 e. The number of sulfonamides is 1. The zero-order valence-electron chi connectivity index (χ0n) is 19.7. The van der Waals surface area contributed by atoms with Crippen molar-refractivity contribution in [2.45, 2.75) is 42.7 Å². The van der Waals surface area contributed by atoms with E-state index < -0.39 is 52.4 Å². The fourth-order valence-electron chi connectivity index (χ4n) is 3.73. The number of aromatic nitrogens is 2. The lowest BCUT2D eigenvalue weighted by Gasteiger charge is -2.29. The first-order chi connectivity index (χ1) is 17.3. The molecule has 1 aliphatic rings. The first kappa shape index (κ1) is 27.7. The maximum Gasteiger partial charge on any atom is 0.475 e. The number of nitrogens with one attached hydrogen (secondary N) is 2. The number of carbonyl (C=O) groups is 2. The van der Waals surface area contributed by atoms with Gasteiger partial charge in [0.15, 0.2) is 5.03 Å². The fourth-order valence-corrected chi connectivity index (χ4v) is 4.81. The Morgan fingerprint density at radius 1 is 1.14 bits per heavy atom. The number of nitrogens with zero attached hydrogens (tertiary/aromatic N) is 3. The molecule has 2 amide bonds. The van der Waals surface area contributed by atoms with Gasteiger partial charge in [-0.15, -0.1) is 0 Å². The smallest absolute Gasteiger partial charge is 0.426 e. The van der Waals surface area contributed by atoms with E-state index in [0.29, 0.717) is 39.1 Å². The van der Waals surface area contributed by atoms with Crippen molar-refractivity contribution < 1.29 is 32.8 Å². The highest BCUT2D eigenvalue weighted by molar-refractivity contribution is 7.89. The van der Waals surface area contributed by atoms with Crippen LogP contribution in [0.1, 0.15) is 24.8 Å². The number of aryl methyl sites for hydroxylation is 1. The molecule has 1 saturated heterocycles. The minimum absolute atomic E-state index is 0.222. The van der Waals surface area contributed by atoms with Gasteiger partial charge in [0.2, 0.25) is 11.8 Å². The third-order valence-corrected chi connectivity index (χ3v) is 7.04. The summed E-state index contributed by atoms with van der Waals surface area (Å²) >= 11 is 0. The maximum absolute atomic E-state index is 13.1. The topological polar surface area (TPSA) is 171 Å². The lowest BCUT2D eigenvalue weighted by Crippen LogP contribution is -2.55. The van der Waals surface area contributed by atoms with E-state index in [9.17, 15) is 28.1 Å². The van der Waals surface area contributed by atoms with E-state index in [1.165, 1.54) is 17.3 Å². The molecular formula is C22H30BN5O7S. The second-order valence-electron chi connectivity index (χ2n) is 8.32. The van der Waals surface area contributed by atoms with Gasteiger partial charge in [0.05, 0.1) is 31.8 Å². The summed E-state index contributed by atoms with van der Waals surface area (Å²) in [5.41, 5.74) is 1.06.